The van der Waals surface area contributed by atoms with E-state index in [2.05, 4.69) is 9.88 Å². The number of alkyl carbamates (subject to hydrolysis) is 1. The van der Waals surface area contributed by atoms with Crippen molar-refractivity contribution in [1.29, 1.82) is 0 Å². The van der Waals surface area contributed by atoms with Gasteiger partial charge in [0, 0.05) is 37.6 Å². The van der Waals surface area contributed by atoms with E-state index in [1.54, 1.807) is 50.8 Å². The lowest BCUT2D eigenvalue weighted by molar-refractivity contribution is -0.159. The fraction of sp³-hybridized carbons (Fsp3) is 0.486. The topological polar surface area (TPSA) is 117 Å². The zero-order valence-corrected chi connectivity index (χ0v) is 27.8. The molecule has 0 radical (unpaired) electrons. The number of imidazole rings is 1. The van der Waals surface area contributed by atoms with Gasteiger partial charge in [-0.25, -0.2) is 19.0 Å². The number of para-hydroxylation sites is 1. The minimum absolute atomic E-state index is 0.00109. The second kappa shape index (κ2) is 13.1. The fourth-order valence-electron chi connectivity index (χ4n) is 6.18. The number of amides is 2. The summed E-state index contributed by atoms with van der Waals surface area (Å²) >= 11 is 0. The van der Waals surface area contributed by atoms with E-state index < -0.39 is 36.7 Å². The summed E-state index contributed by atoms with van der Waals surface area (Å²) in [6.45, 7) is 6.99. The van der Waals surface area contributed by atoms with Crippen LogP contribution in [0.15, 0.2) is 36.4 Å². The van der Waals surface area contributed by atoms with Gasteiger partial charge in [-0.2, -0.15) is 4.39 Å². The Morgan fingerprint density at radius 3 is 2.62 bits per heavy atom. The molecule has 256 valence electrons. The number of nitrogens with one attached hydrogen (secondary N) is 1. The lowest BCUT2D eigenvalue weighted by Gasteiger charge is -2.31. The molecule has 0 bridgehead atoms. The summed E-state index contributed by atoms with van der Waals surface area (Å²) in [6.07, 6.45) is -0.312. The smallest absolute Gasteiger partial charge is 0.408 e. The van der Waals surface area contributed by atoms with Crippen LogP contribution in [0.5, 0.6) is 5.75 Å². The third-order valence-corrected chi connectivity index (χ3v) is 8.57. The average molecular weight is 666 g/mol. The molecule has 11 nitrogen and oxygen atoms in total. The van der Waals surface area contributed by atoms with Crippen LogP contribution in [0.2, 0.25) is 0 Å². The van der Waals surface area contributed by atoms with Crippen LogP contribution in [0.3, 0.4) is 0 Å². The first-order valence-corrected chi connectivity index (χ1v) is 16.3. The van der Waals surface area contributed by atoms with E-state index in [-0.39, 0.29) is 24.8 Å². The maximum absolute atomic E-state index is 14.8. The first-order valence-electron chi connectivity index (χ1n) is 16.3. The highest BCUT2D eigenvalue weighted by Gasteiger charge is 2.31. The Kier molecular flexibility index (Phi) is 9.06. The molecule has 3 heterocycles. The number of hydrogen-bond donors (Lipinski definition) is 1. The molecular formula is C35H41F2N5O6. The highest BCUT2D eigenvalue weighted by Crippen LogP contribution is 2.40. The van der Waals surface area contributed by atoms with Crippen LogP contribution in [-0.2, 0) is 34.3 Å². The van der Waals surface area contributed by atoms with E-state index in [9.17, 15) is 23.2 Å². The van der Waals surface area contributed by atoms with Gasteiger partial charge in [0.25, 0.3) is 5.91 Å². The Bertz CT molecular complexity index is 1870. The summed E-state index contributed by atoms with van der Waals surface area (Å²) in [6, 6.07) is 10.1. The number of aryl methyl sites for hydroxylation is 1. The van der Waals surface area contributed by atoms with E-state index in [0.29, 0.717) is 47.8 Å². The number of nitrogens with zero attached hydrogens (tertiary/aromatic N) is 4. The quantitative estimate of drug-likeness (QED) is 0.204. The Morgan fingerprint density at radius 1 is 1.17 bits per heavy atom. The molecule has 1 N–H and O–H groups in total. The van der Waals surface area contributed by atoms with E-state index in [4.69, 9.17) is 19.2 Å². The van der Waals surface area contributed by atoms with Crippen LogP contribution in [0.25, 0.3) is 33.5 Å². The molecule has 1 aliphatic heterocycles. The lowest BCUT2D eigenvalue weighted by Crippen LogP contribution is -2.50. The van der Waals surface area contributed by atoms with E-state index in [0.717, 1.165) is 35.0 Å². The Balaban J connectivity index is 1.32. The fourth-order valence-corrected chi connectivity index (χ4v) is 6.18. The molecule has 1 aliphatic carbocycles. The Morgan fingerprint density at radius 2 is 1.94 bits per heavy atom. The van der Waals surface area contributed by atoms with Crippen LogP contribution in [0.4, 0.5) is 13.6 Å². The molecule has 6 rings (SSSR count). The second-order valence-electron chi connectivity index (χ2n) is 13.5. The van der Waals surface area contributed by atoms with Gasteiger partial charge in [-0.15, -0.1) is 0 Å². The average Bonchev–Trinajstić information content (AvgIpc) is 3.70. The van der Waals surface area contributed by atoms with Gasteiger partial charge in [-0.1, -0.05) is 12.1 Å². The first-order chi connectivity index (χ1) is 22.9. The van der Waals surface area contributed by atoms with Gasteiger partial charge in [0.2, 0.25) is 0 Å². The zero-order chi connectivity index (χ0) is 34.3. The maximum atomic E-state index is 14.8. The van der Waals surface area contributed by atoms with Crippen LogP contribution < -0.4 is 10.1 Å². The Hall–Kier alpha value is -4.68. The number of carbonyl (C=O) groups is 3. The number of aromatic nitrogens is 3. The molecule has 2 unspecified atom stereocenters. The summed E-state index contributed by atoms with van der Waals surface area (Å²) in [4.78, 5) is 44.4. The van der Waals surface area contributed by atoms with Crippen LogP contribution in [0, 0.1) is 5.92 Å². The van der Waals surface area contributed by atoms with Crippen molar-refractivity contribution in [3.8, 4) is 17.3 Å². The molecule has 1 saturated carbocycles. The van der Waals surface area contributed by atoms with Crippen molar-refractivity contribution >= 4 is 39.9 Å². The summed E-state index contributed by atoms with van der Waals surface area (Å²) in [5.74, 6) is -0.0146. The number of benzene rings is 2. The molecule has 13 heteroatoms. The Labute approximate surface area is 277 Å². The van der Waals surface area contributed by atoms with Gasteiger partial charge in [0.05, 0.1) is 34.9 Å². The minimum atomic E-state index is -2.27. The number of carbonyl (C=O) groups excluding carboxylic acids is 3. The van der Waals surface area contributed by atoms with Gasteiger partial charge in [-0.05, 0) is 82.7 Å². The number of esters is 1. The highest BCUT2D eigenvalue weighted by atomic mass is 19.1. The third-order valence-electron chi connectivity index (χ3n) is 8.57. The van der Waals surface area contributed by atoms with E-state index >= 15 is 0 Å². The predicted octanol–water partition coefficient (Wildman–Crippen LogP) is 5.70. The van der Waals surface area contributed by atoms with Gasteiger partial charge in [-0.3, -0.25) is 4.79 Å². The number of halogens is 2. The number of rotatable bonds is 11. The molecule has 2 atom stereocenters. The molecule has 2 aliphatic rings. The van der Waals surface area contributed by atoms with Crippen molar-refractivity contribution in [2.45, 2.75) is 71.5 Å². The van der Waals surface area contributed by atoms with Gasteiger partial charge in [0.1, 0.15) is 18.0 Å². The predicted molar refractivity (Wildman–Crippen MR) is 175 cm³/mol. The molecule has 2 amide bonds. The van der Waals surface area contributed by atoms with Crippen molar-refractivity contribution in [2.75, 3.05) is 26.4 Å². The van der Waals surface area contributed by atoms with E-state index in [1.165, 1.54) is 0 Å². The number of alkyl halides is 2. The molecule has 1 fully saturated rings. The highest BCUT2D eigenvalue weighted by molar-refractivity contribution is 6.01. The monoisotopic (exact) mass is 665 g/mol. The second-order valence-corrected chi connectivity index (χ2v) is 13.5. The van der Waals surface area contributed by atoms with Crippen molar-refractivity contribution in [1.82, 2.24) is 24.3 Å². The summed E-state index contributed by atoms with van der Waals surface area (Å²) in [7, 11) is 1.91. The first kappa shape index (κ1) is 33.2. The molecule has 0 spiro atoms. The summed E-state index contributed by atoms with van der Waals surface area (Å²) in [5.41, 5.74) is 3.51. The number of hydrogen-bond acceptors (Lipinski definition) is 7. The molecular weight excluding hydrogens is 624 g/mol. The number of fused-ring (bicyclic) bond motifs is 3. The lowest BCUT2D eigenvalue weighted by atomic mass is 9.97. The third kappa shape index (κ3) is 6.81. The van der Waals surface area contributed by atoms with Crippen molar-refractivity contribution < 1.29 is 37.4 Å². The van der Waals surface area contributed by atoms with Crippen molar-refractivity contribution in [3.63, 3.8) is 0 Å². The molecule has 2 aromatic heterocycles. The SMILES string of the molecule is CCOC(=O)C(F)Oc1cccc2cc(-c3nc4cc5c(cc4n3C)CCN(CC(CF)NC(=O)OC(C)(C)C)C5=O)n(CC3CC3)c12. The van der Waals surface area contributed by atoms with Crippen LogP contribution in [0.1, 0.15) is 56.5 Å². The molecule has 0 saturated heterocycles. The minimum Gasteiger partial charge on any atom is -0.461 e. The van der Waals surface area contributed by atoms with Crippen LogP contribution >= 0.6 is 0 Å². The van der Waals surface area contributed by atoms with E-state index in [1.807, 2.05) is 29.8 Å². The summed E-state index contributed by atoms with van der Waals surface area (Å²) < 4.78 is 48.3. The zero-order valence-electron chi connectivity index (χ0n) is 27.8. The van der Waals surface area contributed by atoms with Gasteiger partial charge in [0.15, 0.2) is 5.82 Å². The van der Waals surface area contributed by atoms with Crippen molar-refractivity contribution in [2.24, 2.45) is 13.0 Å². The maximum Gasteiger partial charge on any atom is 0.408 e. The number of ether oxygens (including phenoxy) is 3. The van der Waals surface area contributed by atoms with Crippen LogP contribution in [-0.4, -0.2) is 81.4 Å². The molecule has 2 aromatic carbocycles. The van der Waals surface area contributed by atoms with Gasteiger partial charge >= 0.3 is 18.4 Å². The molecule has 48 heavy (non-hydrogen) atoms. The largest absolute Gasteiger partial charge is 0.461 e. The standard InChI is InChI=1S/C35H41F2N5O6/c1-6-46-33(44)30(37)47-28-9-7-8-22-15-27(42(29(22)28)18-20-10-11-20)31-39-25-16-24-21(14-26(25)40(31)5)12-13-41(32(24)43)19-23(17-36)38-34(45)48-35(2,3)4/h7-9,14-16,20,23,30H,6,10-13,17-19H2,1-5H3,(H,38,45). The normalized spacial score (nSPS) is 16.1. The van der Waals surface area contributed by atoms with Gasteiger partial charge < -0.3 is 33.6 Å². The summed E-state index contributed by atoms with van der Waals surface area (Å²) in [5, 5.41) is 3.34. The molecule has 4 aromatic rings. The van der Waals surface area contributed by atoms with Crippen molar-refractivity contribution in [3.05, 3.63) is 47.5 Å².